The monoisotopic (exact) mass is 194 g/mol. The van der Waals surface area contributed by atoms with Gasteiger partial charge in [-0.1, -0.05) is 6.07 Å². The lowest BCUT2D eigenvalue weighted by Gasteiger charge is -2.20. The molecule has 4 heteroatoms. The van der Waals surface area contributed by atoms with Gasteiger partial charge < -0.3 is 5.32 Å². The Bertz CT molecular complexity index is 339. The smallest absolute Gasteiger partial charge is 0.218 e. The first kappa shape index (κ1) is 9.75. The molecule has 1 aromatic rings. The van der Waals surface area contributed by atoms with Gasteiger partial charge >= 0.3 is 0 Å². The van der Waals surface area contributed by atoms with Crippen LogP contribution in [0.1, 0.15) is 18.7 Å². The van der Waals surface area contributed by atoms with Gasteiger partial charge in [-0.3, -0.25) is 4.79 Å². The minimum Gasteiger partial charge on any atom is -0.334 e. The van der Waals surface area contributed by atoms with E-state index in [0.717, 1.165) is 4.88 Å². The van der Waals surface area contributed by atoms with Crippen LogP contribution in [0.5, 0.6) is 0 Å². The van der Waals surface area contributed by atoms with Gasteiger partial charge in [-0.2, -0.15) is 5.26 Å². The van der Waals surface area contributed by atoms with Crippen molar-refractivity contribution in [3.63, 3.8) is 0 Å². The summed E-state index contributed by atoms with van der Waals surface area (Å²) >= 11 is 1.46. The topological polar surface area (TPSA) is 52.9 Å². The molecule has 68 valence electrons. The maximum atomic E-state index is 10.9. The van der Waals surface area contributed by atoms with Crippen molar-refractivity contribution < 1.29 is 4.79 Å². The number of amides is 1. The van der Waals surface area contributed by atoms with Gasteiger partial charge in [0.25, 0.3) is 0 Å². The predicted molar refractivity (Wildman–Crippen MR) is 51.1 cm³/mol. The van der Waals surface area contributed by atoms with E-state index in [1.165, 1.54) is 18.3 Å². The largest absolute Gasteiger partial charge is 0.334 e. The first-order chi connectivity index (χ1) is 6.08. The molecule has 0 saturated heterocycles. The van der Waals surface area contributed by atoms with Crippen molar-refractivity contribution in [3.8, 4) is 6.07 Å². The molecular formula is C9H10N2OS. The van der Waals surface area contributed by atoms with Gasteiger partial charge in [0, 0.05) is 11.8 Å². The zero-order valence-corrected chi connectivity index (χ0v) is 8.31. The Balaban J connectivity index is 2.96. The van der Waals surface area contributed by atoms with Crippen molar-refractivity contribution in [2.24, 2.45) is 0 Å². The highest BCUT2D eigenvalue weighted by Gasteiger charge is 2.27. The fraction of sp³-hybridized carbons (Fsp3) is 0.333. The van der Waals surface area contributed by atoms with E-state index in [9.17, 15) is 4.79 Å². The van der Waals surface area contributed by atoms with Crippen molar-refractivity contribution in [2.45, 2.75) is 19.4 Å². The van der Waals surface area contributed by atoms with E-state index in [-0.39, 0.29) is 5.91 Å². The van der Waals surface area contributed by atoms with Gasteiger partial charge in [0.1, 0.15) is 0 Å². The molecule has 0 spiro atoms. The van der Waals surface area contributed by atoms with E-state index < -0.39 is 5.54 Å². The first-order valence-corrected chi connectivity index (χ1v) is 4.70. The van der Waals surface area contributed by atoms with E-state index in [2.05, 4.69) is 11.4 Å². The standard InChI is InChI=1S/C9H10N2OS/c1-7(12)11-9(2,6-10)8-4-3-5-13-8/h3-5H,1-2H3,(H,11,12)/t9-/m0/s1. The third-order valence-corrected chi connectivity index (χ3v) is 2.76. The molecule has 1 atom stereocenters. The van der Waals surface area contributed by atoms with E-state index in [4.69, 9.17) is 5.26 Å². The fourth-order valence-electron chi connectivity index (χ4n) is 1.06. The van der Waals surface area contributed by atoms with Crippen LogP contribution in [0.4, 0.5) is 0 Å². The van der Waals surface area contributed by atoms with Gasteiger partial charge in [-0.05, 0) is 18.4 Å². The number of nitrogens with one attached hydrogen (secondary N) is 1. The second kappa shape index (κ2) is 3.58. The van der Waals surface area contributed by atoms with Crippen LogP contribution in [-0.2, 0) is 10.3 Å². The van der Waals surface area contributed by atoms with Gasteiger partial charge in [-0.25, -0.2) is 0 Å². The normalized spacial score (nSPS) is 14.2. The van der Waals surface area contributed by atoms with Crippen molar-refractivity contribution in [1.29, 1.82) is 5.26 Å². The molecule has 0 aromatic carbocycles. The highest BCUT2D eigenvalue weighted by atomic mass is 32.1. The van der Waals surface area contributed by atoms with Gasteiger partial charge in [0.05, 0.1) is 6.07 Å². The highest BCUT2D eigenvalue weighted by molar-refractivity contribution is 7.10. The molecule has 0 fully saturated rings. The van der Waals surface area contributed by atoms with Gasteiger partial charge in [0.15, 0.2) is 5.54 Å². The summed E-state index contributed by atoms with van der Waals surface area (Å²) in [5.74, 6) is -0.197. The summed E-state index contributed by atoms with van der Waals surface area (Å²) in [7, 11) is 0. The summed E-state index contributed by atoms with van der Waals surface area (Å²) < 4.78 is 0. The molecule has 0 saturated carbocycles. The van der Waals surface area contributed by atoms with E-state index in [1.807, 2.05) is 17.5 Å². The molecule has 1 N–H and O–H groups in total. The molecule has 0 aliphatic carbocycles. The Hall–Kier alpha value is -1.34. The summed E-state index contributed by atoms with van der Waals surface area (Å²) in [5, 5.41) is 13.4. The lowest BCUT2D eigenvalue weighted by atomic mass is 10.0. The lowest BCUT2D eigenvalue weighted by molar-refractivity contribution is -0.120. The molecule has 0 aliphatic heterocycles. The molecule has 0 radical (unpaired) electrons. The van der Waals surface area contributed by atoms with Crippen molar-refractivity contribution in [2.75, 3.05) is 0 Å². The van der Waals surface area contributed by atoms with Gasteiger partial charge in [0.2, 0.25) is 5.91 Å². The Morgan fingerprint density at radius 2 is 2.46 bits per heavy atom. The number of rotatable bonds is 2. The quantitative estimate of drug-likeness (QED) is 0.777. The number of thiophene rings is 1. The lowest BCUT2D eigenvalue weighted by Crippen LogP contribution is -2.40. The summed E-state index contributed by atoms with van der Waals surface area (Å²) in [6.45, 7) is 3.10. The molecule has 0 unspecified atom stereocenters. The summed E-state index contributed by atoms with van der Waals surface area (Å²) in [6, 6.07) is 5.79. The van der Waals surface area contributed by atoms with Crippen LogP contribution in [0, 0.1) is 11.3 Å². The molecule has 13 heavy (non-hydrogen) atoms. The van der Waals surface area contributed by atoms with E-state index in [0.29, 0.717) is 0 Å². The third kappa shape index (κ3) is 2.07. The number of carbonyl (C=O) groups excluding carboxylic acids is 1. The second-order valence-corrected chi connectivity index (χ2v) is 3.84. The molecule has 3 nitrogen and oxygen atoms in total. The Morgan fingerprint density at radius 1 is 1.77 bits per heavy atom. The van der Waals surface area contributed by atoms with Crippen LogP contribution >= 0.6 is 11.3 Å². The average Bonchev–Trinajstić information content (AvgIpc) is 2.55. The Labute approximate surface area is 81.0 Å². The van der Waals surface area contributed by atoms with Crippen molar-refractivity contribution in [3.05, 3.63) is 22.4 Å². The molecule has 1 amide bonds. The van der Waals surface area contributed by atoms with Gasteiger partial charge in [-0.15, -0.1) is 11.3 Å². The number of nitrogens with zero attached hydrogens (tertiary/aromatic N) is 1. The zero-order valence-electron chi connectivity index (χ0n) is 7.50. The average molecular weight is 194 g/mol. The van der Waals surface area contributed by atoms with Crippen LogP contribution in [0.15, 0.2) is 17.5 Å². The molecule has 0 aliphatic rings. The number of carbonyl (C=O) groups is 1. The number of hydrogen-bond acceptors (Lipinski definition) is 3. The van der Waals surface area contributed by atoms with Crippen LogP contribution in [-0.4, -0.2) is 5.91 Å². The van der Waals surface area contributed by atoms with Crippen LogP contribution in [0.25, 0.3) is 0 Å². The second-order valence-electron chi connectivity index (χ2n) is 2.90. The minimum absolute atomic E-state index is 0.197. The van der Waals surface area contributed by atoms with Crippen molar-refractivity contribution >= 4 is 17.2 Å². The highest BCUT2D eigenvalue weighted by Crippen LogP contribution is 2.24. The van der Waals surface area contributed by atoms with Crippen LogP contribution in [0.2, 0.25) is 0 Å². The summed E-state index contributed by atoms with van der Waals surface area (Å²) in [6.07, 6.45) is 0. The van der Waals surface area contributed by atoms with Crippen molar-refractivity contribution in [1.82, 2.24) is 5.32 Å². The Kier molecular flexibility index (Phi) is 2.69. The minimum atomic E-state index is -0.889. The molecular weight excluding hydrogens is 184 g/mol. The maximum absolute atomic E-state index is 10.9. The maximum Gasteiger partial charge on any atom is 0.218 e. The number of hydrogen-bond donors (Lipinski definition) is 1. The van der Waals surface area contributed by atoms with E-state index in [1.54, 1.807) is 6.92 Å². The SMILES string of the molecule is CC(=O)N[C@@](C)(C#N)c1cccs1. The van der Waals surface area contributed by atoms with Crippen LogP contribution in [0.3, 0.4) is 0 Å². The predicted octanol–water partition coefficient (Wildman–Crippen LogP) is 1.62. The Morgan fingerprint density at radius 3 is 2.85 bits per heavy atom. The molecule has 0 bridgehead atoms. The zero-order chi connectivity index (χ0) is 9.90. The third-order valence-electron chi connectivity index (χ3n) is 1.66. The van der Waals surface area contributed by atoms with Crippen LogP contribution < -0.4 is 5.32 Å². The molecule has 1 rings (SSSR count). The summed E-state index contributed by atoms with van der Waals surface area (Å²) in [5.41, 5.74) is -0.889. The van der Waals surface area contributed by atoms with E-state index >= 15 is 0 Å². The number of nitriles is 1. The first-order valence-electron chi connectivity index (χ1n) is 3.82. The fourth-order valence-corrected chi connectivity index (χ4v) is 1.85. The molecule has 1 aromatic heterocycles. The molecule has 1 heterocycles. The summed E-state index contributed by atoms with van der Waals surface area (Å²) in [4.78, 5) is 11.7.